The molecule has 0 saturated carbocycles. The van der Waals surface area contributed by atoms with Crippen LogP contribution >= 0.6 is 11.3 Å². The van der Waals surface area contributed by atoms with Crippen LogP contribution in [0.5, 0.6) is 5.75 Å². The molecule has 0 unspecified atom stereocenters. The van der Waals surface area contributed by atoms with Crippen LogP contribution in [0, 0.1) is 0 Å². The third kappa shape index (κ3) is 7.62. The minimum Gasteiger partial charge on any atom is -0.404 e. The summed E-state index contributed by atoms with van der Waals surface area (Å²) in [6.07, 6.45) is -4.80. The Bertz CT molecular complexity index is 324. The van der Waals surface area contributed by atoms with Gasteiger partial charge in [-0.3, -0.25) is 4.79 Å². The first-order valence-electron chi connectivity index (χ1n) is 5.03. The summed E-state index contributed by atoms with van der Waals surface area (Å²) in [5.74, 6) is -1.49. The highest BCUT2D eigenvalue weighted by Crippen LogP contribution is 2.29. The zero-order valence-corrected chi connectivity index (χ0v) is 10.9. The van der Waals surface area contributed by atoms with Crippen molar-refractivity contribution in [3.8, 4) is 5.75 Å². The molecular formula is C10H16F3NO2S. The average molecular weight is 271 g/mol. The van der Waals surface area contributed by atoms with Gasteiger partial charge < -0.3 is 10.5 Å². The van der Waals surface area contributed by atoms with Crippen molar-refractivity contribution in [2.24, 2.45) is 5.73 Å². The van der Waals surface area contributed by atoms with E-state index in [9.17, 15) is 18.0 Å². The molecule has 0 radical (unpaired) electrons. The Kier molecular flexibility index (Phi) is 9.45. The molecule has 0 atom stereocenters. The van der Waals surface area contributed by atoms with Gasteiger partial charge in [-0.15, -0.1) is 24.5 Å². The fraction of sp³-hybridized carbons (Fsp3) is 0.500. The number of primary amides is 1. The molecule has 1 aromatic rings. The maximum absolute atomic E-state index is 11.7. The lowest BCUT2D eigenvalue weighted by molar-refractivity contribution is -0.274. The second-order valence-corrected chi connectivity index (χ2v) is 2.94. The lowest BCUT2D eigenvalue weighted by atomic mass is 10.4. The topological polar surface area (TPSA) is 52.3 Å². The maximum atomic E-state index is 11.7. The van der Waals surface area contributed by atoms with Gasteiger partial charge in [-0.05, 0) is 11.4 Å². The molecule has 2 N–H and O–H groups in total. The van der Waals surface area contributed by atoms with Crippen LogP contribution in [0.15, 0.2) is 11.4 Å². The molecular weight excluding hydrogens is 255 g/mol. The van der Waals surface area contributed by atoms with Crippen molar-refractivity contribution in [2.75, 3.05) is 0 Å². The molecule has 1 rings (SSSR count). The number of hydrogen-bond donors (Lipinski definition) is 1. The number of halogens is 3. The molecule has 0 spiro atoms. The predicted molar refractivity (Wildman–Crippen MR) is 62.2 cm³/mol. The Morgan fingerprint density at radius 2 is 1.76 bits per heavy atom. The number of carbonyl (C=O) groups is 1. The lowest BCUT2D eigenvalue weighted by Crippen LogP contribution is -2.19. The molecule has 0 bridgehead atoms. The van der Waals surface area contributed by atoms with Crippen molar-refractivity contribution in [1.82, 2.24) is 0 Å². The van der Waals surface area contributed by atoms with E-state index in [-0.39, 0.29) is 4.88 Å². The van der Waals surface area contributed by atoms with Crippen molar-refractivity contribution in [3.63, 3.8) is 0 Å². The molecule has 0 aliphatic carbocycles. The van der Waals surface area contributed by atoms with E-state index in [1.807, 2.05) is 27.7 Å². The highest BCUT2D eigenvalue weighted by atomic mass is 32.1. The zero-order valence-electron chi connectivity index (χ0n) is 10.1. The molecule has 1 amide bonds. The summed E-state index contributed by atoms with van der Waals surface area (Å²) in [4.78, 5) is 10.3. The van der Waals surface area contributed by atoms with Gasteiger partial charge in [0.15, 0.2) is 5.75 Å². The van der Waals surface area contributed by atoms with Crippen LogP contribution in [-0.4, -0.2) is 12.3 Å². The standard InChI is InChI=1S/C6H4F3NO2S.2C2H6/c7-6(8,9)12-3-1-2-13-4(3)5(10)11;2*1-2/h1-2H,(H2,10,11);2*1-2H3. The molecule has 1 aromatic heterocycles. The lowest BCUT2D eigenvalue weighted by Gasteiger charge is -2.07. The molecule has 0 aliphatic heterocycles. The molecule has 0 aromatic carbocycles. The number of thiophene rings is 1. The fourth-order valence-corrected chi connectivity index (χ4v) is 1.35. The van der Waals surface area contributed by atoms with Crippen molar-refractivity contribution in [3.05, 3.63) is 16.3 Å². The molecule has 0 fully saturated rings. The Hall–Kier alpha value is -1.24. The van der Waals surface area contributed by atoms with Gasteiger partial charge in [0, 0.05) is 0 Å². The van der Waals surface area contributed by atoms with E-state index in [1.165, 1.54) is 5.38 Å². The first-order chi connectivity index (χ1) is 7.90. The van der Waals surface area contributed by atoms with E-state index in [0.717, 1.165) is 17.4 Å². The van der Waals surface area contributed by atoms with Crippen LogP contribution < -0.4 is 10.5 Å². The molecule has 0 aliphatic rings. The molecule has 100 valence electrons. The summed E-state index contributed by atoms with van der Waals surface area (Å²) < 4.78 is 38.6. The Labute approximate surface area is 102 Å². The van der Waals surface area contributed by atoms with Crippen LogP contribution in [0.2, 0.25) is 0 Å². The number of nitrogens with two attached hydrogens (primary N) is 1. The van der Waals surface area contributed by atoms with Gasteiger partial charge >= 0.3 is 6.36 Å². The molecule has 7 heteroatoms. The van der Waals surface area contributed by atoms with Gasteiger partial charge in [-0.1, -0.05) is 27.7 Å². The number of amides is 1. The number of carbonyl (C=O) groups excluding carboxylic acids is 1. The van der Waals surface area contributed by atoms with Gasteiger partial charge in [0.05, 0.1) is 0 Å². The summed E-state index contributed by atoms with van der Waals surface area (Å²) in [7, 11) is 0. The highest BCUT2D eigenvalue weighted by Gasteiger charge is 2.33. The fourth-order valence-electron chi connectivity index (χ4n) is 0.682. The first-order valence-corrected chi connectivity index (χ1v) is 5.91. The third-order valence-corrected chi connectivity index (χ3v) is 1.99. The summed E-state index contributed by atoms with van der Waals surface area (Å²) in [6, 6.07) is 1.04. The number of rotatable bonds is 2. The highest BCUT2D eigenvalue weighted by molar-refractivity contribution is 7.12. The summed E-state index contributed by atoms with van der Waals surface area (Å²) in [5, 5.41) is 1.29. The second kappa shape index (κ2) is 8.86. The second-order valence-electron chi connectivity index (χ2n) is 2.03. The minimum atomic E-state index is -4.80. The van der Waals surface area contributed by atoms with E-state index < -0.39 is 18.0 Å². The van der Waals surface area contributed by atoms with Crippen molar-refractivity contribution < 1.29 is 22.7 Å². The number of hydrogen-bond acceptors (Lipinski definition) is 3. The van der Waals surface area contributed by atoms with Crippen LogP contribution in [0.4, 0.5) is 13.2 Å². The average Bonchev–Trinajstić information content (AvgIpc) is 2.69. The van der Waals surface area contributed by atoms with Gasteiger partial charge in [0.1, 0.15) is 4.88 Å². The molecule has 1 heterocycles. The SMILES string of the molecule is CC.CC.NC(=O)c1sccc1OC(F)(F)F. The summed E-state index contributed by atoms with van der Waals surface area (Å²) in [5.41, 5.74) is 4.80. The molecule has 17 heavy (non-hydrogen) atoms. The molecule has 3 nitrogen and oxygen atoms in total. The first kappa shape index (κ1) is 18.1. The minimum absolute atomic E-state index is 0.239. The van der Waals surface area contributed by atoms with E-state index >= 15 is 0 Å². The Balaban J connectivity index is 0. The Morgan fingerprint density at radius 1 is 1.29 bits per heavy atom. The van der Waals surface area contributed by atoms with E-state index in [0.29, 0.717) is 0 Å². The van der Waals surface area contributed by atoms with Gasteiger partial charge in [-0.25, -0.2) is 0 Å². The van der Waals surface area contributed by atoms with E-state index in [1.54, 1.807) is 0 Å². The largest absolute Gasteiger partial charge is 0.573 e. The van der Waals surface area contributed by atoms with Crippen LogP contribution in [-0.2, 0) is 0 Å². The van der Waals surface area contributed by atoms with Gasteiger partial charge in [0.25, 0.3) is 5.91 Å². The smallest absolute Gasteiger partial charge is 0.404 e. The van der Waals surface area contributed by atoms with Gasteiger partial charge in [-0.2, -0.15) is 0 Å². The van der Waals surface area contributed by atoms with E-state index in [2.05, 4.69) is 4.74 Å². The quantitative estimate of drug-likeness (QED) is 0.889. The van der Waals surface area contributed by atoms with Crippen LogP contribution in [0.3, 0.4) is 0 Å². The normalized spacial score (nSPS) is 9.35. The van der Waals surface area contributed by atoms with Crippen molar-refractivity contribution >= 4 is 17.2 Å². The Morgan fingerprint density at radius 3 is 2.12 bits per heavy atom. The van der Waals surface area contributed by atoms with Crippen LogP contribution in [0.1, 0.15) is 37.4 Å². The predicted octanol–water partition coefficient (Wildman–Crippen LogP) is 3.80. The summed E-state index contributed by atoms with van der Waals surface area (Å²) >= 11 is 0.799. The summed E-state index contributed by atoms with van der Waals surface area (Å²) in [6.45, 7) is 8.00. The van der Waals surface area contributed by atoms with E-state index in [4.69, 9.17) is 5.73 Å². The third-order valence-electron chi connectivity index (χ3n) is 1.08. The van der Waals surface area contributed by atoms with Crippen molar-refractivity contribution in [2.45, 2.75) is 34.1 Å². The maximum Gasteiger partial charge on any atom is 0.573 e. The van der Waals surface area contributed by atoms with Gasteiger partial charge in [0.2, 0.25) is 0 Å². The number of ether oxygens (including phenoxy) is 1. The van der Waals surface area contributed by atoms with Crippen molar-refractivity contribution in [1.29, 1.82) is 0 Å². The monoisotopic (exact) mass is 271 g/mol. The number of alkyl halides is 3. The zero-order chi connectivity index (χ0) is 14.1. The molecule has 0 saturated heterocycles. The van der Waals surface area contributed by atoms with Crippen LogP contribution in [0.25, 0.3) is 0 Å².